The van der Waals surface area contributed by atoms with Crippen molar-refractivity contribution < 1.29 is 8.42 Å². The van der Waals surface area contributed by atoms with Crippen LogP contribution in [0.5, 0.6) is 0 Å². The normalized spacial score (nSPS) is 15.4. The highest BCUT2D eigenvalue weighted by molar-refractivity contribution is 7.89. The Morgan fingerprint density at radius 2 is 1.72 bits per heavy atom. The highest BCUT2D eigenvalue weighted by atomic mass is 32.2. The number of nitrogens with zero attached hydrogens (tertiary/aromatic N) is 5. The molecule has 0 spiro atoms. The fourth-order valence-electron chi connectivity index (χ4n) is 3.55. The summed E-state index contributed by atoms with van der Waals surface area (Å²) in [6, 6.07) is 13.1. The summed E-state index contributed by atoms with van der Waals surface area (Å²) in [5.41, 5.74) is 3.51. The van der Waals surface area contributed by atoms with Gasteiger partial charge in [-0.25, -0.2) is 8.42 Å². The number of aryl methyl sites for hydroxylation is 2. The van der Waals surface area contributed by atoms with Crippen molar-refractivity contribution in [2.24, 2.45) is 0 Å². The summed E-state index contributed by atoms with van der Waals surface area (Å²) in [4.78, 5) is 6.55. The third-order valence-corrected chi connectivity index (χ3v) is 7.18. The first-order valence-electron chi connectivity index (χ1n) is 9.51. The van der Waals surface area contributed by atoms with Crippen molar-refractivity contribution >= 4 is 15.8 Å². The molecule has 4 rings (SSSR count). The smallest absolute Gasteiger partial charge is 0.243 e. The standard InChI is InChI=1S/C21H23N5O2S/c1-16-5-7-20(17(2)14-16)29(27,28)26-12-10-25(11-13-26)21-8-6-19(23-24-21)18-4-3-9-22-15-18/h3-9,14-15H,10-13H2,1-2H3. The quantitative estimate of drug-likeness (QED) is 0.659. The highest BCUT2D eigenvalue weighted by Gasteiger charge is 2.30. The van der Waals surface area contributed by atoms with Crippen molar-refractivity contribution in [3.05, 3.63) is 66.0 Å². The highest BCUT2D eigenvalue weighted by Crippen LogP contribution is 2.24. The molecule has 1 aromatic carbocycles. The summed E-state index contributed by atoms with van der Waals surface area (Å²) in [5.74, 6) is 0.751. The van der Waals surface area contributed by atoms with Crippen LogP contribution in [0.3, 0.4) is 0 Å². The van der Waals surface area contributed by atoms with Gasteiger partial charge < -0.3 is 4.90 Å². The second-order valence-corrected chi connectivity index (χ2v) is 9.08. The van der Waals surface area contributed by atoms with E-state index in [0.717, 1.165) is 28.2 Å². The lowest BCUT2D eigenvalue weighted by molar-refractivity contribution is 0.383. The van der Waals surface area contributed by atoms with Gasteiger partial charge >= 0.3 is 0 Å². The molecule has 0 radical (unpaired) electrons. The molecule has 7 nitrogen and oxygen atoms in total. The Bertz CT molecular complexity index is 1090. The van der Waals surface area contributed by atoms with E-state index >= 15 is 0 Å². The molecular formula is C21H23N5O2S. The average Bonchev–Trinajstić information content (AvgIpc) is 2.74. The van der Waals surface area contributed by atoms with E-state index in [1.807, 2.05) is 50.2 Å². The van der Waals surface area contributed by atoms with Crippen molar-refractivity contribution in [3.63, 3.8) is 0 Å². The Labute approximate surface area is 171 Å². The largest absolute Gasteiger partial charge is 0.352 e. The van der Waals surface area contributed by atoms with E-state index in [1.54, 1.807) is 22.8 Å². The molecule has 0 amide bonds. The Hall–Kier alpha value is -2.84. The third kappa shape index (κ3) is 3.99. The molecule has 1 aliphatic heterocycles. The van der Waals surface area contributed by atoms with E-state index in [4.69, 9.17) is 0 Å². The minimum Gasteiger partial charge on any atom is -0.352 e. The number of hydrogen-bond donors (Lipinski definition) is 0. The van der Waals surface area contributed by atoms with Gasteiger partial charge in [0.1, 0.15) is 0 Å². The zero-order valence-corrected chi connectivity index (χ0v) is 17.3. The Balaban J connectivity index is 1.45. The van der Waals surface area contributed by atoms with Crippen molar-refractivity contribution in [2.45, 2.75) is 18.7 Å². The van der Waals surface area contributed by atoms with Crippen LogP contribution < -0.4 is 4.90 Å². The summed E-state index contributed by atoms with van der Waals surface area (Å²) in [6.07, 6.45) is 3.47. The van der Waals surface area contributed by atoms with Gasteiger partial charge in [-0.1, -0.05) is 17.7 Å². The topological polar surface area (TPSA) is 79.3 Å². The van der Waals surface area contributed by atoms with Crippen LogP contribution in [0.1, 0.15) is 11.1 Å². The molecule has 150 valence electrons. The van der Waals surface area contributed by atoms with Crippen LogP contribution in [-0.4, -0.2) is 54.1 Å². The molecule has 1 saturated heterocycles. The second kappa shape index (κ2) is 7.88. The van der Waals surface area contributed by atoms with Gasteiger partial charge in [-0.3, -0.25) is 4.98 Å². The number of piperazine rings is 1. The number of rotatable bonds is 4. The number of benzene rings is 1. The van der Waals surface area contributed by atoms with Crippen molar-refractivity contribution in [2.75, 3.05) is 31.1 Å². The Morgan fingerprint density at radius 1 is 0.931 bits per heavy atom. The summed E-state index contributed by atoms with van der Waals surface area (Å²) in [7, 11) is -3.49. The van der Waals surface area contributed by atoms with Gasteiger partial charge in [0.05, 0.1) is 10.6 Å². The van der Waals surface area contributed by atoms with Gasteiger partial charge in [0.2, 0.25) is 10.0 Å². The minimum absolute atomic E-state index is 0.386. The van der Waals surface area contributed by atoms with Crippen LogP contribution in [-0.2, 0) is 10.0 Å². The number of aromatic nitrogens is 3. The SMILES string of the molecule is Cc1ccc(S(=O)(=O)N2CCN(c3ccc(-c4cccnc4)nn3)CC2)c(C)c1. The lowest BCUT2D eigenvalue weighted by Gasteiger charge is -2.34. The molecule has 0 aliphatic carbocycles. The average molecular weight is 410 g/mol. The molecule has 0 atom stereocenters. The fourth-order valence-corrected chi connectivity index (χ4v) is 5.18. The van der Waals surface area contributed by atoms with Gasteiger partial charge in [-0.15, -0.1) is 10.2 Å². The van der Waals surface area contributed by atoms with Crippen molar-refractivity contribution in [1.82, 2.24) is 19.5 Å². The van der Waals surface area contributed by atoms with Gasteiger partial charge in [-0.2, -0.15) is 4.31 Å². The van der Waals surface area contributed by atoms with Gasteiger partial charge in [0.25, 0.3) is 0 Å². The van der Waals surface area contributed by atoms with Gasteiger partial charge in [-0.05, 0) is 49.7 Å². The maximum Gasteiger partial charge on any atom is 0.243 e. The zero-order chi connectivity index (χ0) is 20.4. The first kappa shape index (κ1) is 19.5. The lowest BCUT2D eigenvalue weighted by atomic mass is 10.2. The first-order chi connectivity index (χ1) is 13.9. The van der Waals surface area contributed by atoms with Crippen LogP contribution >= 0.6 is 0 Å². The van der Waals surface area contributed by atoms with Crippen LogP contribution in [0.25, 0.3) is 11.3 Å². The number of hydrogen-bond acceptors (Lipinski definition) is 6. The maximum atomic E-state index is 13.0. The number of sulfonamides is 1. The lowest BCUT2D eigenvalue weighted by Crippen LogP contribution is -2.49. The van der Waals surface area contributed by atoms with E-state index < -0.39 is 10.0 Å². The second-order valence-electron chi connectivity index (χ2n) is 7.18. The van der Waals surface area contributed by atoms with Crippen molar-refractivity contribution in [1.29, 1.82) is 0 Å². The Morgan fingerprint density at radius 3 is 2.34 bits per heavy atom. The summed E-state index contributed by atoms with van der Waals surface area (Å²) < 4.78 is 27.6. The molecule has 1 aliphatic rings. The predicted octanol–water partition coefficient (Wildman–Crippen LogP) is 2.67. The molecule has 0 N–H and O–H groups in total. The molecular weight excluding hydrogens is 386 g/mol. The van der Waals surface area contributed by atoms with Crippen LogP contribution in [0.2, 0.25) is 0 Å². The Kier molecular flexibility index (Phi) is 5.29. The summed E-state index contributed by atoms with van der Waals surface area (Å²) in [5, 5.41) is 8.62. The fraction of sp³-hybridized carbons (Fsp3) is 0.286. The molecule has 3 aromatic rings. The molecule has 0 saturated carbocycles. The maximum absolute atomic E-state index is 13.0. The molecule has 1 fully saturated rings. The summed E-state index contributed by atoms with van der Waals surface area (Å²) in [6.45, 7) is 5.79. The molecule has 2 aromatic heterocycles. The van der Waals surface area contributed by atoms with Crippen LogP contribution in [0.4, 0.5) is 5.82 Å². The van der Waals surface area contributed by atoms with E-state index in [9.17, 15) is 8.42 Å². The number of pyridine rings is 1. The van der Waals surface area contributed by atoms with Gasteiger partial charge in [0, 0.05) is 44.1 Å². The predicted molar refractivity (Wildman–Crippen MR) is 112 cm³/mol. The molecule has 0 bridgehead atoms. The summed E-state index contributed by atoms with van der Waals surface area (Å²) >= 11 is 0. The molecule has 0 unspecified atom stereocenters. The third-order valence-electron chi connectivity index (χ3n) is 5.12. The van der Waals surface area contributed by atoms with Gasteiger partial charge in [0.15, 0.2) is 5.82 Å². The van der Waals surface area contributed by atoms with Crippen LogP contribution in [0.15, 0.2) is 59.8 Å². The number of anilines is 1. The van der Waals surface area contributed by atoms with Crippen LogP contribution in [0, 0.1) is 13.8 Å². The molecule has 8 heteroatoms. The molecule has 3 heterocycles. The monoisotopic (exact) mass is 409 g/mol. The van der Waals surface area contributed by atoms with E-state index in [0.29, 0.717) is 31.1 Å². The first-order valence-corrected chi connectivity index (χ1v) is 11.0. The minimum atomic E-state index is -3.49. The van der Waals surface area contributed by atoms with E-state index in [2.05, 4.69) is 20.1 Å². The molecule has 29 heavy (non-hydrogen) atoms. The van der Waals surface area contributed by atoms with Crippen molar-refractivity contribution in [3.8, 4) is 11.3 Å². The zero-order valence-electron chi connectivity index (χ0n) is 16.5. The van der Waals surface area contributed by atoms with E-state index in [-0.39, 0.29) is 0 Å². The van der Waals surface area contributed by atoms with E-state index in [1.165, 1.54) is 0 Å².